The number of amides is 1. The third kappa shape index (κ3) is 5.13. The van der Waals surface area contributed by atoms with E-state index in [-0.39, 0.29) is 15.9 Å². The lowest BCUT2D eigenvalue weighted by Crippen LogP contribution is -2.62. The summed E-state index contributed by atoms with van der Waals surface area (Å²) in [7, 11) is -6.17. The van der Waals surface area contributed by atoms with Gasteiger partial charge in [-0.3, -0.25) is 0 Å². The van der Waals surface area contributed by atoms with Gasteiger partial charge in [0.25, 0.3) is 10.0 Å². The van der Waals surface area contributed by atoms with Crippen molar-refractivity contribution in [2.24, 2.45) is 5.41 Å². The highest BCUT2D eigenvalue weighted by atomic mass is 32.2. The van der Waals surface area contributed by atoms with Crippen molar-refractivity contribution in [1.29, 1.82) is 0 Å². The molecule has 1 aliphatic rings. The number of likely N-dealkylation sites (tertiary alicyclic amines) is 1. The molecule has 1 aliphatic heterocycles. The van der Waals surface area contributed by atoms with Gasteiger partial charge in [0.15, 0.2) is 14.0 Å². The molecular formula is C30H41N5O5SSi. The van der Waals surface area contributed by atoms with Crippen LogP contribution in [0.5, 0.6) is 0 Å². The van der Waals surface area contributed by atoms with Crippen molar-refractivity contribution in [2.45, 2.75) is 89.1 Å². The Labute approximate surface area is 248 Å². The van der Waals surface area contributed by atoms with Crippen molar-refractivity contribution in [3.63, 3.8) is 0 Å². The van der Waals surface area contributed by atoms with Crippen LogP contribution >= 0.6 is 0 Å². The molecule has 1 fully saturated rings. The smallest absolute Gasteiger partial charge is 0.407 e. The van der Waals surface area contributed by atoms with Gasteiger partial charge in [-0.05, 0) is 48.2 Å². The summed E-state index contributed by atoms with van der Waals surface area (Å²) in [4.78, 5) is 27.1. The molecule has 10 nitrogen and oxygen atoms in total. The van der Waals surface area contributed by atoms with E-state index in [9.17, 15) is 18.3 Å². The summed E-state index contributed by atoms with van der Waals surface area (Å²) in [5.74, 6) is 0.498. The Balaban J connectivity index is 1.63. The fourth-order valence-corrected chi connectivity index (χ4v) is 8.38. The van der Waals surface area contributed by atoms with Crippen molar-refractivity contribution in [3.05, 3.63) is 54.6 Å². The maximum Gasteiger partial charge on any atom is 0.407 e. The SMILES string of the molecule is CC(C)(C)C1C(O[Si](C)(C)C(C)(C)C)C(c2nc3c(cnc4c3ccn4S(=O)(=O)c3ccccc3)[nH]2)CCN1C(=O)O. The number of rotatable bonds is 5. The zero-order chi connectivity index (χ0) is 30.8. The van der Waals surface area contributed by atoms with Crippen LogP contribution in [0.2, 0.25) is 18.1 Å². The number of hydrogen-bond acceptors (Lipinski definition) is 6. The van der Waals surface area contributed by atoms with Gasteiger partial charge in [0.2, 0.25) is 0 Å². The summed E-state index contributed by atoms with van der Waals surface area (Å²) < 4.78 is 35.1. The number of fused-ring (bicyclic) bond motifs is 3. The van der Waals surface area contributed by atoms with Crippen LogP contribution in [0.3, 0.4) is 0 Å². The van der Waals surface area contributed by atoms with Gasteiger partial charge in [-0.2, -0.15) is 0 Å². The maximum atomic E-state index is 13.4. The number of pyridine rings is 1. The molecule has 12 heteroatoms. The van der Waals surface area contributed by atoms with E-state index in [0.717, 1.165) is 0 Å². The molecule has 1 amide bonds. The Morgan fingerprint density at radius 2 is 1.76 bits per heavy atom. The van der Waals surface area contributed by atoms with E-state index in [1.807, 2.05) is 0 Å². The molecule has 0 aliphatic carbocycles. The predicted octanol–water partition coefficient (Wildman–Crippen LogP) is 6.42. The van der Waals surface area contributed by atoms with Gasteiger partial charge in [-0.25, -0.2) is 27.2 Å². The molecule has 0 radical (unpaired) electrons. The summed E-state index contributed by atoms with van der Waals surface area (Å²) in [5.41, 5.74) is 1.21. The third-order valence-electron chi connectivity index (χ3n) is 8.89. The molecule has 4 aromatic rings. The number of H-pyrrole nitrogens is 1. The fraction of sp³-hybridized carbons (Fsp3) is 0.500. The molecule has 1 aromatic carbocycles. The van der Waals surface area contributed by atoms with E-state index in [1.165, 1.54) is 15.1 Å². The van der Waals surface area contributed by atoms with Crippen LogP contribution < -0.4 is 0 Å². The van der Waals surface area contributed by atoms with Crippen LogP contribution in [-0.2, 0) is 14.4 Å². The number of nitrogens with zero attached hydrogens (tertiary/aromatic N) is 4. The Kier molecular flexibility index (Phi) is 7.34. The number of carbonyl (C=O) groups is 1. The van der Waals surface area contributed by atoms with E-state index >= 15 is 0 Å². The second-order valence-electron chi connectivity index (χ2n) is 13.8. The molecule has 0 bridgehead atoms. The lowest BCUT2D eigenvalue weighted by atomic mass is 9.74. The van der Waals surface area contributed by atoms with Crippen LogP contribution in [0.4, 0.5) is 4.79 Å². The molecule has 3 aromatic heterocycles. The number of nitrogens with one attached hydrogen (secondary N) is 1. The second kappa shape index (κ2) is 10.2. The van der Waals surface area contributed by atoms with Crippen LogP contribution in [0.25, 0.3) is 22.1 Å². The number of hydrogen-bond donors (Lipinski definition) is 2. The zero-order valence-corrected chi connectivity index (χ0v) is 27.4. The van der Waals surface area contributed by atoms with Gasteiger partial charge in [-0.15, -0.1) is 0 Å². The predicted molar refractivity (Wildman–Crippen MR) is 166 cm³/mol. The third-order valence-corrected chi connectivity index (χ3v) is 15.0. The van der Waals surface area contributed by atoms with Crippen molar-refractivity contribution in [3.8, 4) is 0 Å². The summed E-state index contributed by atoms with van der Waals surface area (Å²) in [5, 5.41) is 10.7. The topological polar surface area (TPSA) is 130 Å². The first-order valence-corrected chi connectivity index (χ1v) is 18.6. The first-order valence-electron chi connectivity index (χ1n) is 14.3. The van der Waals surface area contributed by atoms with E-state index in [1.54, 1.807) is 42.6 Å². The first kappa shape index (κ1) is 30.2. The molecule has 3 atom stereocenters. The Bertz CT molecular complexity index is 1730. The van der Waals surface area contributed by atoms with Gasteiger partial charge in [0.05, 0.1) is 28.8 Å². The highest BCUT2D eigenvalue weighted by Crippen LogP contribution is 2.46. The summed E-state index contributed by atoms with van der Waals surface area (Å²) in [6.07, 6.45) is 2.29. The number of aromatic amines is 1. The molecule has 5 rings (SSSR count). The highest BCUT2D eigenvalue weighted by molar-refractivity contribution is 7.90. The van der Waals surface area contributed by atoms with Crippen LogP contribution in [0, 0.1) is 5.41 Å². The summed E-state index contributed by atoms with van der Waals surface area (Å²) in [6, 6.07) is 9.59. The van der Waals surface area contributed by atoms with E-state index < -0.39 is 42.0 Å². The largest absolute Gasteiger partial charge is 0.465 e. The second-order valence-corrected chi connectivity index (χ2v) is 20.4. The molecule has 0 spiro atoms. The molecule has 226 valence electrons. The standard InChI is InChI=1S/C30H41N5O5SSi/c1-29(2,3)25-24(40-42(7,8)30(4,5)6)21(14-16-34(25)28(36)37)26-32-22-18-31-27-20(23(22)33-26)15-17-35(27)41(38,39)19-12-10-9-11-13-19/h9-13,15,17-18,21,24-25H,14,16H2,1-8H3,(H,32,33)(H,36,37). The number of piperidine rings is 1. The summed E-state index contributed by atoms with van der Waals surface area (Å²) >= 11 is 0. The minimum atomic E-state index is -3.85. The highest BCUT2D eigenvalue weighted by Gasteiger charge is 2.51. The average Bonchev–Trinajstić information content (AvgIpc) is 3.52. The van der Waals surface area contributed by atoms with Crippen LogP contribution in [0.15, 0.2) is 53.7 Å². The molecule has 3 unspecified atom stereocenters. The number of aromatic nitrogens is 4. The van der Waals surface area contributed by atoms with Gasteiger partial charge in [0, 0.05) is 24.0 Å². The quantitative estimate of drug-likeness (QED) is 0.249. The monoisotopic (exact) mass is 611 g/mol. The average molecular weight is 612 g/mol. The number of carboxylic acid groups (broad SMARTS) is 1. The van der Waals surface area contributed by atoms with Crippen LogP contribution in [-0.4, -0.2) is 70.4 Å². The lowest BCUT2D eigenvalue weighted by molar-refractivity contribution is -0.0377. The molecule has 42 heavy (non-hydrogen) atoms. The minimum Gasteiger partial charge on any atom is -0.465 e. The Morgan fingerprint density at radius 3 is 2.36 bits per heavy atom. The zero-order valence-electron chi connectivity index (χ0n) is 25.5. The van der Waals surface area contributed by atoms with Crippen molar-refractivity contribution < 1.29 is 22.7 Å². The normalized spacial score (nSPS) is 20.9. The molecule has 1 saturated heterocycles. The van der Waals surface area contributed by atoms with Crippen molar-refractivity contribution in [2.75, 3.05) is 6.54 Å². The van der Waals surface area contributed by atoms with Crippen molar-refractivity contribution in [1.82, 2.24) is 23.8 Å². The molecule has 4 heterocycles. The van der Waals surface area contributed by atoms with Crippen LogP contribution in [0.1, 0.15) is 59.7 Å². The molecular weight excluding hydrogens is 571 g/mol. The summed E-state index contributed by atoms with van der Waals surface area (Å²) in [6.45, 7) is 17.4. The van der Waals surface area contributed by atoms with Gasteiger partial charge < -0.3 is 19.4 Å². The Morgan fingerprint density at radius 1 is 1.10 bits per heavy atom. The Hall–Kier alpha value is -3.22. The van der Waals surface area contributed by atoms with E-state index in [4.69, 9.17) is 9.41 Å². The van der Waals surface area contributed by atoms with Gasteiger partial charge in [0.1, 0.15) is 11.3 Å². The van der Waals surface area contributed by atoms with Gasteiger partial charge >= 0.3 is 6.09 Å². The van der Waals surface area contributed by atoms with Crippen molar-refractivity contribution >= 4 is 46.5 Å². The fourth-order valence-electron chi connectivity index (χ4n) is 5.73. The minimum absolute atomic E-state index is 0.0808. The number of imidazole rings is 1. The first-order chi connectivity index (χ1) is 19.4. The molecule has 0 saturated carbocycles. The molecule has 2 N–H and O–H groups in total. The van der Waals surface area contributed by atoms with E-state index in [0.29, 0.717) is 40.9 Å². The number of benzene rings is 1. The lowest BCUT2D eigenvalue weighted by Gasteiger charge is -2.52. The van der Waals surface area contributed by atoms with Gasteiger partial charge in [-0.1, -0.05) is 59.7 Å². The maximum absolute atomic E-state index is 13.4. The van der Waals surface area contributed by atoms with E-state index in [2.05, 4.69) is 64.6 Å².